The highest BCUT2D eigenvalue weighted by Crippen LogP contribution is 2.02. The Hall–Kier alpha value is -0.240. The van der Waals surface area contributed by atoms with Crippen molar-refractivity contribution < 1.29 is 29.2 Å². The summed E-state index contributed by atoms with van der Waals surface area (Å²) in [6, 6.07) is 0. The molecule has 0 spiro atoms. The van der Waals surface area contributed by atoms with E-state index in [0.717, 1.165) is 0 Å². The highest BCUT2D eigenvalue weighted by Gasteiger charge is 2.11. The van der Waals surface area contributed by atoms with Gasteiger partial charge in [0.05, 0.1) is 63.6 Å². The van der Waals surface area contributed by atoms with Crippen molar-refractivity contribution in [3.05, 3.63) is 0 Å². The number of aliphatic hydroxyl groups excluding tert-OH is 2. The van der Waals surface area contributed by atoms with Crippen molar-refractivity contribution in [2.24, 2.45) is 0 Å². The van der Waals surface area contributed by atoms with Crippen molar-refractivity contribution in [1.82, 2.24) is 0 Å². The molecule has 0 aliphatic heterocycles. The van der Waals surface area contributed by atoms with Crippen LogP contribution in [0.5, 0.6) is 0 Å². The van der Waals surface area contributed by atoms with E-state index in [0.29, 0.717) is 26.4 Å². The molecule has 0 amide bonds. The van der Waals surface area contributed by atoms with E-state index in [2.05, 4.69) is 0 Å². The molecule has 21 heavy (non-hydrogen) atoms. The van der Waals surface area contributed by atoms with Crippen LogP contribution in [0, 0.1) is 0 Å². The summed E-state index contributed by atoms with van der Waals surface area (Å²) in [5.74, 6) is 0. The second-order valence-electron chi connectivity index (χ2n) is 5.61. The fraction of sp³-hybridized carbons (Fsp3) is 1.00. The predicted molar refractivity (Wildman–Crippen MR) is 80.4 cm³/mol. The number of hydrogen-bond acceptors (Lipinski definition) is 6. The first kappa shape index (κ1) is 20.8. The lowest BCUT2D eigenvalue weighted by molar-refractivity contribution is -0.0936. The Balaban J connectivity index is 3.62. The molecule has 0 bridgehead atoms. The summed E-state index contributed by atoms with van der Waals surface area (Å²) in [5.41, 5.74) is 0. The van der Waals surface area contributed by atoms with E-state index in [1.807, 2.05) is 27.7 Å². The predicted octanol–water partition coefficient (Wildman–Crippen LogP) is 0.980. The monoisotopic (exact) mass is 308 g/mol. The van der Waals surface area contributed by atoms with Gasteiger partial charge in [-0.3, -0.25) is 0 Å². The minimum absolute atomic E-state index is 0.0105. The number of hydrogen-bond donors (Lipinski definition) is 2. The molecule has 0 heterocycles. The SMILES string of the molecule is CC(O)COC(C)COC(C)COC(C)COC(C)CO. The summed E-state index contributed by atoms with van der Waals surface area (Å²) in [6.45, 7) is 11.0. The quantitative estimate of drug-likeness (QED) is 0.528. The molecule has 0 radical (unpaired) electrons. The average Bonchev–Trinajstić information content (AvgIpc) is 2.45. The number of aliphatic hydroxyl groups is 2. The van der Waals surface area contributed by atoms with Crippen molar-refractivity contribution in [1.29, 1.82) is 0 Å². The number of rotatable bonds is 13. The summed E-state index contributed by atoms with van der Waals surface area (Å²) in [5, 5.41) is 18.0. The Morgan fingerprint density at radius 2 is 0.952 bits per heavy atom. The molecule has 0 aliphatic rings. The Labute approximate surface area is 128 Å². The fourth-order valence-corrected chi connectivity index (χ4v) is 1.40. The van der Waals surface area contributed by atoms with E-state index < -0.39 is 6.10 Å². The van der Waals surface area contributed by atoms with E-state index in [9.17, 15) is 0 Å². The Bertz CT molecular complexity index is 236. The molecule has 0 rings (SSSR count). The van der Waals surface area contributed by atoms with Crippen molar-refractivity contribution in [2.45, 2.75) is 65.1 Å². The van der Waals surface area contributed by atoms with Gasteiger partial charge in [-0.15, -0.1) is 0 Å². The first-order chi connectivity index (χ1) is 9.85. The molecular weight excluding hydrogens is 276 g/mol. The molecule has 5 atom stereocenters. The lowest BCUT2D eigenvalue weighted by Crippen LogP contribution is -2.28. The summed E-state index contributed by atoms with van der Waals surface area (Å²) >= 11 is 0. The molecule has 6 heteroatoms. The molecule has 0 aliphatic carbocycles. The zero-order valence-electron chi connectivity index (χ0n) is 13.9. The maximum atomic E-state index is 9.12. The van der Waals surface area contributed by atoms with Gasteiger partial charge in [0, 0.05) is 0 Å². The van der Waals surface area contributed by atoms with Crippen LogP contribution in [-0.2, 0) is 18.9 Å². The third-order valence-electron chi connectivity index (χ3n) is 2.73. The van der Waals surface area contributed by atoms with Crippen LogP contribution in [0.3, 0.4) is 0 Å². The molecule has 0 fully saturated rings. The second kappa shape index (κ2) is 12.3. The zero-order valence-corrected chi connectivity index (χ0v) is 13.9. The molecule has 5 unspecified atom stereocenters. The van der Waals surface area contributed by atoms with Gasteiger partial charge in [0.2, 0.25) is 0 Å². The largest absolute Gasteiger partial charge is 0.394 e. The van der Waals surface area contributed by atoms with Gasteiger partial charge >= 0.3 is 0 Å². The van der Waals surface area contributed by atoms with Gasteiger partial charge in [-0.25, -0.2) is 0 Å². The van der Waals surface area contributed by atoms with Crippen LogP contribution >= 0.6 is 0 Å². The Kier molecular flexibility index (Phi) is 12.2. The van der Waals surface area contributed by atoms with E-state index >= 15 is 0 Å². The van der Waals surface area contributed by atoms with Crippen LogP contribution in [0.1, 0.15) is 34.6 Å². The van der Waals surface area contributed by atoms with Gasteiger partial charge < -0.3 is 29.2 Å². The standard InChI is InChI=1S/C15H32O6/c1-11(17)7-18-13(3)9-20-15(5)10-21-14(4)8-19-12(2)6-16/h11-17H,6-10H2,1-5H3. The molecule has 0 aromatic carbocycles. The van der Waals surface area contributed by atoms with E-state index in [1.165, 1.54) is 0 Å². The van der Waals surface area contributed by atoms with Crippen LogP contribution in [0.15, 0.2) is 0 Å². The lowest BCUT2D eigenvalue weighted by atomic mass is 10.3. The minimum Gasteiger partial charge on any atom is -0.394 e. The van der Waals surface area contributed by atoms with E-state index in [-0.39, 0.29) is 31.0 Å². The van der Waals surface area contributed by atoms with Crippen LogP contribution in [0.2, 0.25) is 0 Å². The van der Waals surface area contributed by atoms with Gasteiger partial charge in [0.25, 0.3) is 0 Å². The molecule has 6 nitrogen and oxygen atoms in total. The third kappa shape index (κ3) is 13.2. The van der Waals surface area contributed by atoms with Crippen LogP contribution < -0.4 is 0 Å². The smallest absolute Gasteiger partial charge is 0.0781 e. The molecule has 0 aromatic heterocycles. The van der Waals surface area contributed by atoms with Crippen molar-refractivity contribution in [3.63, 3.8) is 0 Å². The van der Waals surface area contributed by atoms with Crippen LogP contribution in [0.4, 0.5) is 0 Å². The molecule has 2 N–H and O–H groups in total. The first-order valence-corrected chi connectivity index (χ1v) is 7.60. The van der Waals surface area contributed by atoms with Crippen molar-refractivity contribution in [2.75, 3.05) is 33.0 Å². The summed E-state index contributed by atoms with van der Waals surface area (Å²) in [6.07, 6.45) is -0.783. The Morgan fingerprint density at radius 3 is 1.29 bits per heavy atom. The zero-order chi connectivity index (χ0) is 16.3. The lowest BCUT2D eigenvalue weighted by Gasteiger charge is -2.21. The first-order valence-electron chi connectivity index (χ1n) is 7.60. The van der Waals surface area contributed by atoms with Crippen LogP contribution in [0.25, 0.3) is 0 Å². The van der Waals surface area contributed by atoms with Gasteiger partial charge in [-0.2, -0.15) is 0 Å². The van der Waals surface area contributed by atoms with Crippen molar-refractivity contribution >= 4 is 0 Å². The summed E-state index contributed by atoms with van der Waals surface area (Å²) in [4.78, 5) is 0. The highest BCUT2D eigenvalue weighted by atomic mass is 16.6. The molecule has 0 saturated heterocycles. The molecule has 0 saturated carbocycles. The second-order valence-corrected chi connectivity index (χ2v) is 5.61. The van der Waals surface area contributed by atoms with Gasteiger partial charge in [-0.05, 0) is 34.6 Å². The summed E-state index contributed by atoms with van der Waals surface area (Å²) in [7, 11) is 0. The maximum absolute atomic E-state index is 9.12. The summed E-state index contributed by atoms with van der Waals surface area (Å²) < 4.78 is 22.0. The topological polar surface area (TPSA) is 77.4 Å². The molecule has 128 valence electrons. The van der Waals surface area contributed by atoms with E-state index in [1.54, 1.807) is 6.92 Å². The maximum Gasteiger partial charge on any atom is 0.0781 e. The van der Waals surface area contributed by atoms with E-state index in [4.69, 9.17) is 29.2 Å². The normalized spacial score (nSPS) is 19.0. The fourth-order valence-electron chi connectivity index (χ4n) is 1.40. The number of ether oxygens (including phenoxy) is 4. The minimum atomic E-state index is -0.463. The molecule has 0 aromatic rings. The average molecular weight is 308 g/mol. The molecular formula is C15H32O6. The highest BCUT2D eigenvalue weighted by molar-refractivity contribution is 4.56. The Morgan fingerprint density at radius 1 is 0.619 bits per heavy atom. The third-order valence-corrected chi connectivity index (χ3v) is 2.73. The van der Waals surface area contributed by atoms with Gasteiger partial charge in [-0.1, -0.05) is 0 Å². The van der Waals surface area contributed by atoms with Crippen molar-refractivity contribution in [3.8, 4) is 0 Å². The van der Waals surface area contributed by atoms with Gasteiger partial charge in [0.1, 0.15) is 0 Å². The van der Waals surface area contributed by atoms with Crippen LogP contribution in [-0.4, -0.2) is 73.8 Å². The van der Waals surface area contributed by atoms with Gasteiger partial charge in [0.15, 0.2) is 0 Å².